The van der Waals surface area contributed by atoms with Gasteiger partial charge >= 0.3 is 5.97 Å². The molecule has 4 heteroatoms. The van der Waals surface area contributed by atoms with E-state index in [2.05, 4.69) is 6.92 Å². The predicted molar refractivity (Wildman–Crippen MR) is 50.6 cm³/mol. The average Bonchev–Trinajstić information content (AvgIpc) is 2.09. The van der Waals surface area contributed by atoms with Gasteiger partial charge in [-0.2, -0.15) is 0 Å². The third-order valence-electron chi connectivity index (χ3n) is 1.54. The molecule has 76 valence electrons. The summed E-state index contributed by atoms with van der Waals surface area (Å²) in [4.78, 5) is 21.2. The standard InChI is InChI=1S/C9H15ClO3/c1-2-3-4-7-13-9(12)6-5-8(10)11/h2-7H2,1H3. The molecule has 0 aromatic carbocycles. The summed E-state index contributed by atoms with van der Waals surface area (Å²) in [7, 11) is 0. The van der Waals surface area contributed by atoms with E-state index in [1.807, 2.05) is 0 Å². The van der Waals surface area contributed by atoms with Crippen LogP contribution < -0.4 is 0 Å². The molecule has 0 saturated heterocycles. The molecular weight excluding hydrogens is 192 g/mol. The van der Waals surface area contributed by atoms with Crippen molar-refractivity contribution in [2.45, 2.75) is 39.0 Å². The SMILES string of the molecule is CCCCCOC(=O)CCC(=O)Cl. The molecule has 0 bridgehead atoms. The summed E-state index contributed by atoms with van der Waals surface area (Å²) in [5.74, 6) is -0.342. The van der Waals surface area contributed by atoms with Gasteiger partial charge in [0.2, 0.25) is 5.24 Å². The van der Waals surface area contributed by atoms with Crippen LogP contribution in [0.15, 0.2) is 0 Å². The normalized spacial score (nSPS) is 9.69. The van der Waals surface area contributed by atoms with Crippen LogP contribution in [0.2, 0.25) is 0 Å². The van der Waals surface area contributed by atoms with E-state index >= 15 is 0 Å². The molecule has 13 heavy (non-hydrogen) atoms. The highest BCUT2D eigenvalue weighted by Gasteiger charge is 2.04. The Labute approximate surface area is 83.4 Å². The van der Waals surface area contributed by atoms with Crippen molar-refractivity contribution in [1.29, 1.82) is 0 Å². The lowest BCUT2D eigenvalue weighted by Gasteiger charge is -2.02. The largest absolute Gasteiger partial charge is 0.466 e. The predicted octanol–water partition coefficient (Wildman–Crippen LogP) is 2.27. The topological polar surface area (TPSA) is 43.4 Å². The molecule has 0 spiro atoms. The smallest absolute Gasteiger partial charge is 0.306 e. The molecule has 0 aromatic rings. The van der Waals surface area contributed by atoms with Crippen LogP contribution in [0, 0.1) is 0 Å². The first-order valence-electron chi connectivity index (χ1n) is 4.50. The van der Waals surface area contributed by atoms with Crippen molar-refractivity contribution >= 4 is 22.8 Å². The highest BCUT2D eigenvalue weighted by Crippen LogP contribution is 1.99. The van der Waals surface area contributed by atoms with Crippen molar-refractivity contribution in [3.63, 3.8) is 0 Å². The molecule has 0 aliphatic heterocycles. The van der Waals surface area contributed by atoms with Crippen LogP contribution in [0.3, 0.4) is 0 Å². The molecule has 0 radical (unpaired) electrons. The van der Waals surface area contributed by atoms with Crippen LogP contribution in [-0.4, -0.2) is 17.8 Å². The Morgan fingerprint density at radius 2 is 1.92 bits per heavy atom. The van der Waals surface area contributed by atoms with E-state index in [1.54, 1.807) is 0 Å². The van der Waals surface area contributed by atoms with E-state index in [4.69, 9.17) is 16.3 Å². The molecule has 0 aromatic heterocycles. The van der Waals surface area contributed by atoms with Crippen LogP contribution in [0.4, 0.5) is 0 Å². The number of ether oxygens (including phenoxy) is 1. The van der Waals surface area contributed by atoms with Gasteiger partial charge in [0.25, 0.3) is 0 Å². The molecule has 0 N–H and O–H groups in total. The fraction of sp³-hybridized carbons (Fsp3) is 0.778. The molecule has 0 saturated carbocycles. The fourth-order valence-electron chi connectivity index (χ4n) is 0.811. The lowest BCUT2D eigenvalue weighted by Crippen LogP contribution is -2.06. The van der Waals surface area contributed by atoms with E-state index in [9.17, 15) is 9.59 Å². The second-order valence-electron chi connectivity index (χ2n) is 2.78. The first-order chi connectivity index (χ1) is 6.16. The average molecular weight is 207 g/mol. The van der Waals surface area contributed by atoms with E-state index in [-0.39, 0.29) is 18.8 Å². The van der Waals surface area contributed by atoms with E-state index in [0.717, 1.165) is 19.3 Å². The number of hydrogen-bond acceptors (Lipinski definition) is 3. The molecule has 0 rings (SSSR count). The third-order valence-corrected chi connectivity index (χ3v) is 1.73. The van der Waals surface area contributed by atoms with Crippen molar-refractivity contribution < 1.29 is 14.3 Å². The van der Waals surface area contributed by atoms with Gasteiger partial charge in [0, 0.05) is 6.42 Å². The Hall–Kier alpha value is -0.570. The Balaban J connectivity index is 3.25. The molecule has 3 nitrogen and oxygen atoms in total. The monoisotopic (exact) mass is 206 g/mol. The quantitative estimate of drug-likeness (QED) is 0.365. The zero-order valence-electron chi connectivity index (χ0n) is 7.85. The van der Waals surface area contributed by atoms with Gasteiger partial charge in [-0.3, -0.25) is 9.59 Å². The van der Waals surface area contributed by atoms with Crippen LogP contribution >= 0.6 is 11.6 Å². The molecule has 0 amide bonds. The fourth-order valence-corrected chi connectivity index (χ4v) is 0.905. The molecule has 0 atom stereocenters. The summed E-state index contributed by atoms with van der Waals surface area (Å²) in [6.07, 6.45) is 3.19. The minimum Gasteiger partial charge on any atom is -0.466 e. The number of unbranched alkanes of at least 4 members (excludes halogenated alkanes) is 2. The van der Waals surface area contributed by atoms with Gasteiger partial charge < -0.3 is 4.74 Å². The van der Waals surface area contributed by atoms with Gasteiger partial charge in [-0.05, 0) is 18.0 Å². The Bertz CT molecular complexity index is 168. The van der Waals surface area contributed by atoms with Crippen molar-refractivity contribution in [1.82, 2.24) is 0 Å². The number of rotatable bonds is 7. The molecule has 0 unspecified atom stereocenters. The maximum atomic E-state index is 10.9. The second-order valence-corrected chi connectivity index (χ2v) is 3.20. The molecule has 0 aliphatic rings. The van der Waals surface area contributed by atoms with Gasteiger partial charge in [-0.25, -0.2) is 0 Å². The van der Waals surface area contributed by atoms with Crippen molar-refractivity contribution in [2.75, 3.05) is 6.61 Å². The van der Waals surface area contributed by atoms with E-state index in [0.29, 0.717) is 6.61 Å². The highest BCUT2D eigenvalue weighted by atomic mass is 35.5. The highest BCUT2D eigenvalue weighted by molar-refractivity contribution is 6.63. The van der Waals surface area contributed by atoms with E-state index < -0.39 is 5.24 Å². The molecule has 0 aliphatic carbocycles. The zero-order valence-corrected chi connectivity index (χ0v) is 8.60. The number of hydrogen-bond donors (Lipinski definition) is 0. The first kappa shape index (κ1) is 12.4. The summed E-state index contributed by atoms with van der Waals surface area (Å²) in [5, 5.41) is -0.495. The van der Waals surface area contributed by atoms with Gasteiger partial charge in [-0.15, -0.1) is 0 Å². The zero-order chi connectivity index (χ0) is 10.1. The lowest BCUT2D eigenvalue weighted by atomic mass is 10.3. The molecule has 0 fully saturated rings. The Kier molecular flexibility index (Phi) is 7.69. The number of esters is 1. The number of carbonyl (C=O) groups is 2. The van der Waals surface area contributed by atoms with Crippen LogP contribution in [-0.2, 0) is 14.3 Å². The first-order valence-corrected chi connectivity index (χ1v) is 4.88. The molecule has 0 heterocycles. The van der Waals surface area contributed by atoms with Gasteiger partial charge in [0.15, 0.2) is 0 Å². The second kappa shape index (κ2) is 8.05. The third kappa shape index (κ3) is 9.34. The van der Waals surface area contributed by atoms with Crippen LogP contribution in [0.25, 0.3) is 0 Å². The summed E-state index contributed by atoms with van der Waals surface area (Å²) in [5.41, 5.74) is 0. The Morgan fingerprint density at radius 3 is 2.46 bits per heavy atom. The lowest BCUT2D eigenvalue weighted by molar-refractivity contribution is -0.144. The van der Waals surface area contributed by atoms with Crippen molar-refractivity contribution in [3.8, 4) is 0 Å². The van der Waals surface area contributed by atoms with Crippen LogP contribution in [0.1, 0.15) is 39.0 Å². The Morgan fingerprint density at radius 1 is 1.23 bits per heavy atom. The summed E-state index contributed by atoms with van der Waals surface area (Å²) < 4.78 is 4.84. The van der Waals surface area contributed by atoms with Gasteiger partial charge in [0.1, 0.15) is 0 Å². The van der Waals surface area contributed by atoms with E-state index in [1.165, 1.54) is 0 Å². The molecular formula is C9H15ClO3. The summed E-state index contributed by atoms with van der Waals surface area (Å²) in [6.45, 7) is 2.52. The van der Waals surface area contributed by atoms with Gasteiger partial charge in [0.05, 0.1) is 13.0 Å². The summed E-state index contributed by atoms with van der Waals surface area (Å²) in [6, 6.07) is 0. The van der Waals surface area contributed by atoms with Crippen LogP contribution in [0.5, 0.6) is 0 Å². The minimum atomic E-state index is -0.495. The number of halogens is 1. The van der Waals surface area contributed by atoms with Crippen molar-refractivity contribution in [2.24, 2.45) is 0 Å². The minimum absolute atomic E-state index is 0.0637. The summed E-state index contributed by atoms with van der Waals surface area (Å²) >= 11 is 5.06. The maximum Gasteiger partial charge on any atom is 0.306 e. The maximum absolute atomic E-state index is 10.9. The number of carbonyl (C=O) groups excluding carboxylic acids is 2. The van der Waals surface area contributed by atoms with Crippen molar-refractivity contribution in [3.05, 3.63) is 0 Å². The van der Waals surface area contributed by atoms with Gasteiger partial charge in [-0.1, -0.05) is 19.8 Å².